The third-order valence-electron chi connectivity index (χ3n) is 3.27. The summed E-state index contributed by atoms with van der Waals surface area (Å²) >= 11 is 3.46. The Morgan fingerprint density at radius 3 is 2.38 bits per heavy atom. The zero-order valence-corrected chi connectivity index (χ0v) is 14.9. The summed E-state index contributed by atoms with van der Waals surface area (Å²) < 4.78 is 6.36. The molecule has 2 atom stereocenters. The molecule has 1 aromatic rings. The predicted octanol–water partition coefficient (Wildman–Crippen LogP) is 2.21. The van der Waals surface area contributed by atoms with E-state index in [4.69, 9.17) is 24.5 Å². The minimum atomic E-state index is -1.82. The number of carbonyl (C=O) groups is 3. The molecule has 0 bridgehead atoms. The first-order valence-corrected chi connectivity index (χ1v) is 8.17. The minimum absolute atomic E-state index is 0.0544. The number of nitrogens with one attached hydrogen (secondary N) is 1. The number of halogens is 1. The smallest absolute Gasteiger partial charge is 0.414 e. The van der Waals surface area contributed by atoms with Crippen molar-refractivity contribution in [3.63, 3.8) is 0 Å². The van der Waals surface area contributed by atoms with Gasteiger partial charge in [-0.05, 0) is 44.5 Å². The molecule has 2 rings (SSSR count). The summed E-state index contributed by atoms with van der Waals surface area (Å²) in [7, 11) is 0. The summed E-state index contributed by atoms with van der Waals surface area (Å²) in [5.74, 6) is -3.83. The topological polar surface area (TPSA) is 113 Å². The number of hydrogen-bond acceptors (Lipinski definition) is 5. The van der Waals surface area contributed by atoms with Crippen molar-refractivity contribution in [2.45, 2.75) is 32.4 Å². The Hall–Kier alpha value is -1.93. The third-order valence-corrected chi connectivity index (χ3v) is 3.76. The highest BCUT2D eigenvalue weighted by molar-refractivity contribution is 9.10. The lowest BCUT2D eigenvalue weighted by Gasteiger charge is -2.20. The van der Waals surface area contributed by atoms with Crippen LogP contribution in [0.5, 0.6) is 0 Å². The van der Waals surface area contributed by atoms with Gasteiger partial charge in [0, 0.05) is 10.5 Å². The number of esters is 1. The molecular weight excluding hydrogens is 382 g/mol. The van der Waals surface area contributed by atoms with Crippen molar-refractivity contribution < 1.29 is 29.3 Å². The van der Waals surface area contributed by atoms with E-state index in [0.717, 1.165) is 23.0 Å². The van der Waals surface area contributed by atoms with Crippen LogP contribution in [0.4, 0.5) is 0 Å². The molecule has 0 aliphatic carbocycles. The standard InChI is InChI=1S/C14H18BrNO2.C2H2O4/c1-9(2)18-14(17)12-6-7-16-13(12)10-4-3-5-11(15)8-10;3-1(4)2(5)6/h3-5,8-9,12-13,16H,6-7H2,1-2H3;(H,3,4)(H,5,6)/t12-,13?;/m0./s1. The highest BCUT2D eigenvalue weighted by Crippen LogP contribution is 2.32. The van der Waals surface area contributed by atoms with Crippen LogP contribution in [0.3, 0.4) is 0 Å². The Morgan fingerprint density at radius 1 is 1.25 bits per heavy atom. The fourth-order valence-corrected chi connectivity index (χ4v) is 2.74. The first-order valence-electron chi connectivity index (χ1n) is 7.38. The van der Waals surface area contributed by atoms with E-state index >= 15 is 0 Å². The second-order valence-corrected chi connectivity index (χ2v) is 6.39. The van der Waals surface area contributed by atoms with Crippen LogP contribution >= 0.6 is 15.9 Å². The molecule has 1 heterocycles. The normalized spacial score (nSPS) is 19.3. The first kappa shape index (κ1) is 20.1. The van der Waals surface area contributed by atoms with Crippen molar-refractivity contribution in [1.82, 2.24) is 5.32 Å². The van der Waals surface area contributed by atoms with Crippen LogP contribution in [-0.4, -0.2) is 40.8 Å². The molecule has 1 aliphatic heterocycles. The SMILES string of the molecule is CC(C)OC(=O)[C@H]1CCNC1c1cccc(Br)c1.O=C(O)C(=O)O. The molecule has 0 spiro atoms. The molecule has 7 nitrogen and oxygen atoms in total. The van der Waals surface area contributed by atoms with Crippen LogP contribution in [-0.2, 0) is 19.1 Å². The molecule has 1 unspecified atom stereocenters. The largest absolute Gasteiger partial charge is 0.473 e. The van der Waals surface area contributed by atoms with Gasteiger partial charge in [0.1, 0.15) is 0 Å². The molecule has 1 saturated heterocycles. The number of carboxylic acid groups (broad SMARTS) is 2. The highest BCUT2D eigenvalue weighted by atomic mass is 79.9. The summed E-state index contributed by atoms with van der Waals surface area (Å²) in [6.45, 7) is 4.62. The van der Waals surface area contributed by atoms with E-state index in [1.165, 1.54) is 0 Å². The Kier molecular flexibility index (Phi) is 7.87. The van der Waals surface area contributed by atoms with Crippen molar-refractivity contribution in [2.75, 3.05) is 6.54 Å². The monoisotopic (exact) mass is 401 g/mol. The molecule has 1 aromatic carbocycles. The fraction of sp³-hybridized carbons (Fsp3) is 0.438. The van der Waals surface area contributed by atoms with Crippen LogP contribution in [0.15, 0.2) is 28.7 Å². The lowest BCUT2D eigenvalue weighted by atomic mass is 9.94. The molecule has 0 radical (unpaired) electrons. The third kappa shape index (κ3) is 6.29. The van der Waals surface area contributed by atoms with Crippen molar-refractivity contribution >= 4 is 33.8 Å². The van der Waals surface area contributed by atoms with Gasteiger partial charge in [-0.25, -0.2) is 9.59 Å². The van der Waals surface area contributed by atoms with Crippen molar-refractivity contribution in [3.05, 3.63) is 34.3 Å². The van der Waals surface area contributed by atoms with Gasteiger partial charge in [-0.15, -0.1) is 0 Å². The van der Waals surface area contributed by atoms with Crippen LogP contribution in [0.2, 0.25) is 0 Å². The van der Waals surface area contributed by atoms with Crippen LogP contribution in [0.25, 0.3) is 0 Å². The lowest BCUT2D eigenvalue weighted by Crippen LogP contribution is -2.27. The number of rotatable bonds is 3. The number of hydrogen-bond donors (Lipinski definition) is 3. The minimum Gasteiger partial charge on any atom is -0.473 e. The predicted molar refractivity (Wildman–Crippen MR) is 89.5 cm³/mol. The second-order valence-electron chi connectivity index (χ2n) is 5.48. The van der Waals surface area contributed by atoms with E-state index in [-0.39, 0.29) is 24.0 Å². The van der Waals surface area contributed by atoms with E-state index in [2.05, 4.69) is 27.3 Å². The summed E-state index contributed by atoms with van der Waals surface area (Å²) in [4.78, 5) is 30.2. The summed E-state index contributed by atoms with van der Waals surface area (Å²) in [6, 6.07) is 8.14. The van der Waals surface area contributed by atoms with Gasteiger partial charge in [0.25, 0.3) is 0 Å². The van der Waals surface area contributed by atoms with Gasteiger partial charge in [-0.2, -0.15) is 0 Å². The maximum atomic E-state index is 12.1. The van der Waals surface area contributed by atoms with Crippen LogP contribution in [0.1, 0.15) is 31.9 Å². The van der Waals surface area contributed by atoms with Crippen molar-refractivity contribution in [3.8, 4) is 0 Å². The van der Waals surface area contributed by atoms with Gasteiger partial charge in [-0.1, -0.05) is 28.1 Å². The van der Waals surface area contributed by atoms with E-state index in [1.54, 1.807) is 0 Å². The summed E-state index contributed by atoms with van der Waals surface area (Å²) in [5, 5.41) is 18.2. The molecule has 24 heavy (non-hydrogen) atoms. The molecule has 1 aliphatic rings. The summed E-state index contributed by atoms with van der Waals surface area (Å²) in [6.07, 6.45) is 0.782. The number of aliphatic carboxylic acids is 2. The Labute approximate surface area is 148 Å². The van der Waals surface area contributed by atoms with Crippen LogP contribution in [0, 0.1) is 5.92 Å². The average Bonchev–Trinajstić information content (AvgIpc) is 2.96. The molecule has 1 fully saturated rings. The Bertz CT molecular complexity index is 592. The van der Waals surface area contributed by atoms with Gasteiger partial charge in [0.2, 0.25) is 0 Å². The van der Waals surface area contributed by atoms with E-state index < -0.39 is 11.9 Å². The van der Waals surface area contributed by atoms with E-state index in [0.29, 0.717) is 0 Å². The fourth-order valence-electron chi connectivity index (χ4n) is 2.33. The number of benzene rings is 1. The highest BCUT2D eigenvalue weighted by Gasteiger charge is 2.35. The second kappa shape index (κ2) is 9.39. The maximum Gasteiger partial charge on any atom is 0.414 e. The Morgan fingerprint density at radius 2 is 1.88 bits per heavy atom. The number of ether oxygens (including phenoxy) is 1. The van der Waals surface area contributed by atoms with Gasteiger partial charge in [0.05, 0.1) is 12.0 Å². The first-order chi connectivity index (χ1) is 11.2. The quantitative estimate of drug-likeness (QED) is 0.525. The maximum absolute atomic E-state index is 12.1. The molecule has 132 valence electrons. The zero-order chi connectivity index (χ0) is 18.3. The average molecular weight is 402 g/mol. The molecule has 0 amide bonds. The van der Waals surface area contributed by atoms with Crippen LogP contribution < -0.4 is 5.32 Å². The van der Waals surface area contributed by atoms with Crippen molar-refractivity contribution in [1.29, 1.82) is 0 Å². The summed E-state index contributed by atoms with van der Waals surface area (Å²) in [5.41, 5.74) is 1.13. The molecule has 0 saturated carbocycles. The van der Waals surface area contributed by atoms with Gasteiger partial charge in [0.15, 0.2) is 0 Å². The molecule has 0 aromatic heterocycles. The lowest BCUT2D eigenvalue weighted by molar-refractivity contribution is -0.159. The Balaban J connectivity index is 0.000000413. The molecular formula is C16H20BrNO6. The van der Waals surface area contributed by atoms with Gasteiger partial charge < -0.3 is 20.3 Å². The zero-order valence-electron chi connectivity index (χ0n) is 13.4. The molecule has 8 heteroatoms. The van der Waals surface area contributed by atoms with E-state index in [1.807, 2.05) is 32.0 Å². The van der Waals surface area contributed by atoms with E-state index in [9.17, 15) is 4.79 Å². The molecule has 3 N–H and O–H groups in total. The van der Waals surface area contributed by atoms with Gasteiger partial charge >= 0.3 is 17.9 Å². The number of carbonyl (C=O) groups excluding carboxylic acids is 1. The number of carboxylic acids is 2. The van der Waals surface area contributed by atoms with Crippen molar-refractivity contribution in [2.24, 2.45) is 5.92 Å². The van der Waals surface area contributed by atoms with Gasteiger partial charge in [-0.3, -0.25) is 4.79 Å².